The molecule has 0 aliphatic rings. The molecule has 0 saturated carbocycles. The lowest BCUT2D eigenvalue weighted by molar-refractivity contribution is 1.28. The van der Waals surface area contributed by atoms with Crippen molar-refractivity contribution >= 4 is 59.3 Å². The van der Waals surface area contributed by atoms with Gasteiger partial charge in [0, 0.05) is 37.1 Å². The van der Waals surface area contributed by atoms with Crippen molar-refractivity contribution in [1.29, 1.82) is 0 Å². The minimum Gasteiger partial charge on any atom is -0.310 e. The first-order valence-electron chi connectivity index (χ1n) is 18.4. The molecule has 0 bridgehead atoms. The molecule has 10 rings (SSSR count). The van der Waals surface area contributed by atoms with Crippen molar-refractivity contribution in [3.8, 4) is 44.5 Å². The van der Waals surface area contributed by atoms with Crippen LogP contribution in [0.2, 0.25) is 0 Å². The molecule has 0 atom stereocenters. The maximum Gasteiger partial charge on any atom is 0.0540 e. The number of fused-ring (bicyclic) bond motifs is 4. The Morgan fingerprint density at radius 1 is 0.296 bits per heavy atom. The van der Waals surface area contributed by atoms with Gasteiger partial charge in [0.15, 0.2) is 0 Å². The SMILES string of the molecule is c1ccc(-c2ccc(-c3ccc(N(c4ccc(-c5ccc6c(c5)sc5cc7ccccc7cc56)cc4)c4ccccc4-c4ccccc4)cc3)cc2)cc1. The number of para-hydroxylation sites is 1. The highest BCUT2D eigenvalue weighted by molar-refractivity contribution is 7.25. The van der Waals surface area contributed by atoms with Gasteiger partial charge in [0.25, 0.3) is 0 Å². The first-order valence-corrected chi connectivity index (χ1v) is 19.2. The number of benzene rings is 9. The van der Waals surface area contributed by atoms with Gasteiger partial charge in [0.1, 0.15) is 0 Å². The molecule has 54 heavy (non-hydrogen) atoms. The van der Waals surface area contributed by atoms with Crippen molar-refractivity contribution in [2.75, 3.05) is 4.90 Å². The van der Waals surface area contributed by atoms with Crippen LogP contribution in [0.5, 0.6) is 0 Å². The third-order valence-electron chi connectivity index (χ3n) is 10.5. The monoisotopic (exact) mass is 705 g/mol. The van der Waals surface area contributed by atoms with E-state index in [1.807, 2.05) is 11.3 Å². The molecule has 0 N–H and O–H groups in total. The van der Waals surface area contributed by atoms with E-state index in [0.717, 1.165) is 17.1 Å². The Morgan fingerprint density at radius 2 is 0.741 bits per heavy atom. The van der Waals surface area contributed by atoms with Crippen LogP contribution in [0.25, 0.3) is 75.5 Å². The van der Waals surface area contributed by atoms with E-state index in [2.05, 4.69) is 217 Å². The molecule has 0 saturated heterocycles. The normalized spacial score (nSPS) is 11.3. The Kier molecular flexibility index (Phi) is 8.09. The molecule has 0 radical (unpaired) electrons. The van der Waals surface area contributed by atoms with E-state index in [9.17, 15) is 0 Å². The molecule has 2 heteroatoms. The molecule has 0 amide bonds. The van der Waals surface area contributed by atoms with Crippen LogP contribution in [-0.4, -0.2) is 0 Å². The zero-order valence-electron chi connectivity index (χ0n) is 29.6. The van der Waals surface area contributed by atoms with Crippen LogP contribution in [0.3, 0.4) is 0 Å². The van der Waals surface area contributed by atoms with Crippen LogP contribution >= 0.6 is 11.3 Å². The summed E-state index contributed by atoms with van der Waals surface area (Å²) in [6.07, 6.45) is 0. The minimum atomic E-state index is 1.11. The van der Waals surface area contributed by atoms with Gasteiger partial charge in [-0.15, -0.1) is 11.3 Å². The molecule has 254 valence electrons. The van der Waals surface area contributed by atoms with Gasteiger partial charge in [0.05, 0.1) is 5.69 Å². The van der Waals surface area contributed by atoms with Gasteiger partial charge < -0.3 is 4.90 Å². The maximum absolute atomic E-state index is 2.38. The van der Waals surface area contributed by atoms with Crippen LogP contribution in [0, 0.1) is 0 Å². The predicted octanol–water partition coefficient (Wildman–Crippen LogP) is 15.3. The molecule has 9 aromatic carbocycles. The van der Waals surface area contributed by atoms with Crippen LogP contribution < -0.4 is 4.90 Å². The summed E-state index contributed by atoms with van der Waals surface area (Å²) in [6.45, 7) is 0. The van der Waals surface area contributed by atoms with E-state index >= 15 is 0 Å². The van der Waals surface area contributed by atoms with Crippen molar-refractivity contribution in [2.24, 2.45) is 0 Å². The average Bonchev–Trinajstić information content (AvgIpc) is 3.61. The lowest BCUT2D eigenvalue weighted by Crippen LogP contribution is -2.11. The fraction of sp³-hybridized carbons (Fsp3) is 0. The highest BCUT2D eigenvalue weighted by Gasteiger charge is 2.18. The van der Waals surface area contributed by atoms with E-state index in [1.54, 1.807) is 0 Å². The summed E-state index contributed by atoms with van der Waals surface area (Å²) < 4.78 is 2.65. The molecular weight excluding hydrogens is 671 g/mol. The van der Waals surface area contributed by atoms with Gasteiger partial charge in [-0.1, -0.05) is 164 Å². The molecule has 0 unspecified atom stereocenters. The van der Waals surface area contributed by atoms with Crippen LogP contribution in [0.4, 0.5) is 17.1 Å². The highest BCUT2D eigenvalue weighted by Crippen LogP contribution is 2.43. The Morgan fingerprint density at radius 3 is 1.37 bits per heavy atom. The van der Waals surface area contributed by atoms with E-state index in [1.165, 1.54) is 75.5 Å². The standard InChI is InChI=1S/C52H35NS/c1-3-11-36(12-4-1)37-19-21-38(22-20-37)39-23-28-45(29-24-39)53(50-18-10-9-17-47(50)41-13-5-2-6-14-41)46-30-25-40(26-31-46)44-27-32-48-49-33-42-15-7-8-16-43(42)34-52(49)54-51(48)35-44/h1-35H. The Bertz CT molecular complexity index is 2890. The zero-order chi connectivity index (χ0) is 35.8. The van der Waals surface area contributed by atoms with Gasteiger partial charge in [-0.3, -0.25) is 0 Å². The first-order chi connectivity index (χ1) is 26.7. The molecule has 1 heterocycles. The fourth-order valence-electron chi connectivity index (χ4n) is 7.69. The summed E-state index contributed by atoms with van der Waals surface area (Å²) >= 11 is 1.88. The Hall–Kier alpha value is -6.74. The highest BCUT2D eigenvalue weighted by atomic mass is 32.1. The van der Waals surface area contributed by atoms with Crippen LogP contribution in [-0.2, 0) is 0 Å². The summed E-state index contributed by atoms with van der Waals surface area (Å²) in [5.74, 6) is 0. The van der Waals surface area contributed by atoms with Gasteiger partial charge in [-0.2, -0.15) is 0 Å². The number of anilines is 3. The number of rotatable bonds is 7. The molecule has 10 aromatic rings. The number of hydrogen-bond acceptors (Lipinski definition) is 2. The third kappa shape index (κ3) is 5.93. The molecule has 0 fully saturated rings. The summed E-state index contributed by atoms with van der Waals surface area (Å²) in [7, 11) is 0. The number of nitrogens with zero attached hydrogens (tertiary/aromatic N) is 1. The van der Waals surface area contributed by atoms with Crippen LogP contribution in [0.15, 0.2) is 212 Å². The quantitative estimate of drug-likeness (QED) is 0.160. The van der Waals surface area contributed by atoms with Crippen molar-refractivity contribution in [3.05, 3.63) is 212 Å². The summed E-state index contributed by atoms with van der Waals surface area (Å²) in [5, 5.41) is 5.23. The van der Waals surface area contributed by atoms with E-state index in [4.69, 9.17) is 0 Å². The van der Waals surface area contributed by atoms with Crippen molar-refractivity contribution in [2.45, 2.75) is 0 Å². The lowest BCUT2D eigenvalue weighted by Gasteiger charge is -2.28. The molecule has 0 aliphatic heterocycles. The van der Waals surface area contributed by atoms with Crippen molar-refractivity contribution < 1.29 is 0 Å². The van der Waals surface area contributed by atoms with E-state index in [0.29, 0.717) is 0 Å². The van der Waals surface area contributed by atoms with Crippen LogP contribution in [0.1, 0.15) is 0 Å². The van der Waals surface area contributed by atoms with Crippen molar-refractivity contribution in [3.63, 3.8) is 0 Å². The summed E-state index contributed by atoms with van der Waals surface area (Å²) in [4.78, 5) is 2.38. The first kappa shape index (κ1) is 32.0. The smallest absolute Gasteiger partial charge is 0.0540 e. The zero-order valence-corrected chi connectivity index (χ0v) is 30.4. The fourth-order valence-corrected chi connectivity index (χ4v) is 8.87. The molecule has 1 aromatic heterocycles. The largest absolute Gasteiger partial charge is 0.310 e. The van der Waals surface area contributed by atoms with Gasteiger partial charge in [-0.05, 0) is 98.2 Å². The van der Waals surface area contributed by atoms with Gasteiger partial charge in [-0.25, -0.2) is 0 Å². The molecule has 1 nitrogen and oxygen atoms in total. The third-order valence-corrected chi connectivity index (χ3v) is 11.6. The summed E-state index contributed by atoms with van der Waals surface area (Å²) in [6, 6.07) is 77.0. The molecule has 0 aliphatic carbocycles. The minimum absolute atomic E-state index is 1.11. The second-order valence-corrected chi connectivity index (χ2v) is 14.8. The predicted molar refractivity (Wildman–Crippen MR) is 233 cm³/mol. The van der Waals surface area contributed by atoms with Crippen molar-refractivity contribution in [1.82, 2.24) is 0 Å². The summed E-state index contributed by atoms with van der Waals surface area (Å²) in [5.41, 5.74) is 13.0. The molecule has 0 spiro atoms. The lowest BCUT2D eigenvalue weighted by atomic mass is 9.99. The topological polar surface area (TPSA) is 3.24 Å². The average molecular weight is 706 g/mol. The Labute approximate surface area is 319 Å². The van der Waals surface area contributed by atoms with Gasteiger partial charge >= 0.3 is 0 Å². The van der Waals surface area contributed by atoms with E-state index in [-0.39, 0.29) is 0 Å². The second kappa shape index (κ2) is 13.7. The number of hydrogen-bond donors (Lipinski definition) is 0. The van der Waals surface area contributed by atoms with E-state index < -0.39 is 0 Å². The Balaban J connectivity index is 1.02. The van der Waals surface area contributed by atoms with Gasteiger partial charge in [0.2, 0.25) is 0 Å². The maximum atomic E-state index is 2.38. The number of thiophene rings is 1. The second-order valence-electron chi connectivity index (χ2n) is 13.8. The molecular formula is C52H35NS.